The number of carbonyl (C=O) groups excluding carboxylic acids is 2. The number of amidine groups is 1. The standard InChI is InChI=1S/C29H27ClN4O4/c1-15(2)38-20-13-21(37-4)25-27-23(20)28-32-24(18-7-5-6-16(3)12-18)26(17-8-10-19(30)11-9-17)34(28)29(36)33(27)14-22(35)31-25/h5-13,15,24,26H,14H2,1-4H3,(H,31,35)/t24-,26+/m0/s1. The molecule has 3 aliphatic rings. The van der Waals surface area contributed by atoms with Crippen LogP contribution in [0, 0.1) is 6.92 Å². The van der Waals surface area contributed by atoms with Gasteiger partial charge < -0.3 is 14.8 Å². The Morgan fingerprint density at radius 1 is 1.05 bits per heavy atom. The molecule has 194 valence electrons. The number of amides is 3. The highest BCUT2D eigenvalue weighted by molar-refractivity contribution is 6.30. The summed E-state index contributed by atoms with van der Waals surface area (Å²) in [5, 5.41) is 3.50. The van der Waals surface area contributed by atoms with Gasteiger partial charge in [0.05, 0.1) is 30.5 Å². The number of rotatable bonds is 5. The molecule has 2 atom stereocenters. The Morgan fingerprint density at radius 2 is 1.82 bits per heavy atom. The van der Waals surface area contributed by atoms with Crippen LogP contribution in [0.3, 0.4) is 0 Å². The monoisotopic (exact) mass is 530 g/mol. The number of hydrogen-bond donors (Lipinski definition) is 1. The molecule has 3 amide bonds. The third-order valence-electron chi connectivity index (χ3n) is 6.97. The number of ether oxygens (including phenoxy) is 2. The lowest BCUT2D eigenvalue weighted by Gasteiger charge is -2.42. The van der Waals surface area contributed by atoms with Crippen LogP contribution in [0.1, 0.15) is 48.2 Å². The van der Waals surface area contributed by atoms with E-state index >= 15 is 0 Å². The second-order valence-corrected chi connectivity index (χ2v) is 10.4. The number of halogens is 1. The highest BCUT2D eigenvalue weighted by Gasteiger charge is 2.51. The molecule has 0 saturated carbocycles. The van der Waals surface area contributed by atoms with Crippen LogP contribution < -0.4 is 19.7 Å². The number of benzene rings is 3. The zero-order valence-electron chi connectivity index (χ0n) is 21.5. The molecule has 3 aromatic carbocycles. The number of nitrogens with one attached hydrogen (secondary N) is 1. The van der Waals surface area contributed by atoms with E-state index in [1.165, 1.54) is 12.0 Å². The first-order valence-electron chi connectivity index (χ1n) is 12.5. The summed E-state index contributed by atoms with van der Waals surface area (Å²) in [6, 6.07) is 16.2. The minimum Gasteiger partial charge on any atom is -0.494 e. The van der Waals surface area contributed by atoms with Crippen LogP contribution in [-0.2, 0) is 4.79 Å². The van der Waals surface area contributed by atoms with Gasteiger partial charge in [0, 0.05) is 11.1 Å². The van der Waals surface area contributed by atoms with Gasteiger partial charge in [-0.05, 0) is 44.0 Å². The van der Waals surface area contributed by atoms with Crippen molar-refractivity contribution in [3.05, 3.63) is 81.9 Å². The fourth-order valence-corrected chi connectivity index (χ4v) is 5.59. The minimum atomic E-state index is -0.452. The van der Waals surface area contributed by atoms with Crippen molar-refractivity contribution < 1.29 is 19.1 Å². The largest absolute Gasteiger partial charge is 0.494 e. The van der Waals surface area contributed by atoms with Crippen molar-refractivity contribution >= 4 is 40.7 Å². The molecular formula is C29H27ClN4O4. The highest BCUT2D eigenvalue weighted by Crippen LogP contribution is 2.54. The quantitative estimate of drug-likeness (QED) is 0.446. The second kappa shape index (κ2) is 9.06. The summed E-state index contributed by atoms with van der Waals surface area (Å²) in [7, 11) is 1.52. The van der Waals surface area contributed by atoms with Crippen LogP contribution in [0.15, 0.2) is 59.6 Å². The van der Waals surface area contributed by atoms with E-state index in [-0.39, 0.29) is 30.6 Å². The van der Waals surface area contributed by atoms with Crippen molar-refractivity contribution in [1.29, 1.82) is 0 Å². The normalized spacial score (nSPS) is 19.7. The molecule has 3 aliphatic heterocycles. The first kappa shape index (κ1) is 24.3. The van der Waals surface area contributed by atoms with Crippen molar-refractivity contribution in [3.63, 3.8) is 0 Å². The Labute approximate surface area is 225 Å². The van der Waals surface area contributed by atoms with Gasteiger partial charge in [-0.15, -0.1) is 0 Å². The van der Waals surface area contributed by atoms with Crippen LogP contribution >= 0.6 is 11.6 Å². The van der Waals surface area contributed by atoms with Gasteiger partial charge >= 0.3 is 6.03 Å². The molecule has 6 rings (SSSR count). The maximum atomic E-state index is 14.2. The molecule has 0 bridgehead atoms. The second-order valence-electron chi connectivity index (χ2n) is 9.94. The van der Waals surface area contributed by atoms with Crippen molar-refractivity contribution in [3.8, 4) is 11.5 Å². The third kappa shape index (κ3) is 3.79. The van der Waals surface area contributed by atoms with Crippen LogP contribution in [0.2, 0.25) is 5.02 Å². The molecule has 3 aromatic rings. The van der Waals surface area contributed by atoms with E-state index in [0.29, 0.717) is 39.3 Å². The smallest absolute Gasteiger partial charge is 0.331 e. The van der Waals surface area contributed by atoms with Crippen LogP contribution in [0.25, 0.3) is 0 Å². The van der Waals surface area contributed by atoms with E-state index in [4.69, 9.17) is 26.1 Å². The van der Waals surface area contributed by atoms with Crippen molar-refractivity contribution in [2.75, 3.05) is 23.9 Å². The van der Waals surface area contributed by atoms with E-state index in [0.717, 1.165) is 16.7 Å². The van der Waals surface area contributed by atoms with Crippen LogP contribution in [0.5, 0.6) is 11.5 Å². The first-order valence-corrected chi connectivity index (χ1v) is 12.9. The molecule has 0 aliphatic carbocycles. The molecule has 0 radical (unpaired) electrons. The van der Waals surface area contributed by atoms with E-state index < -0.39 is 6.04 Å². The third-order valence-corrected chi connectivity index (χ3v) is 7.22. The van der Waals surface area contributed by atoms with E-state index in [2.05, 4.69) is 11.4 Å². The molecule has 8 nitrogen and oxygen atoms in total. The zero-order valence-corrected chi connectivity index (χ0v) is 22.2. The Balaban J connectivity index is 1.63. The molecule has 3 heterocycles. The molecule has 0 unspecified atom stereocenters. The van der Waals surface area contributed by atoms with Crippen molar-refractivity contribution in [2.45, 2.75) is 39.0 Å². The molecule has 38 heavy (non-hydrogen) atoms. The number of carbonyl (C=O) groups is 2. The first-order chi connectivity index (χ1) is 18.3. The number of nitrogens with zero attached hydrogens (tertiary/aromatic N) is 3. The van der Waals surface area contributed by atoms with Gasteiger partial charge in [-0.2, -0.15) is 0 Å². The summed E-state index contributed by atoms with van der Waals surface area (Å²) >= 11 is 6.22. The van der Waals surface area contributed by atoms with Crippen LogP contribution in [0.4, 0.5) is 16.2 Å². The molecule has 0 fully saturated rings. The van der Waals surface area contributed by atoms with Gasteiger partial charge in [-0.25, -0.2) is 4.79 Å². The van der Waals surface area contributed by atoms with Gasteiger partial charge in [0.2, 0.25) is 5.91 Å². The summed E-state index contributed by atoms with van der Waals surface area (Å²) in [6.45, 7) is 5.78. The Kier molecular flexibility index (Phi) is 5.79. The predicted molar refractivity (Wildman–Crippen MR) is 147 cm³/mol. The number of aryl methyl sites for hydroxylation is 1. The van der Waals surface area contributed by atoms with Crippen molar-refractivity contribution in [1.82, 2.24) is 4.90 Å². The lowest BCUT2D eigenvalue weighted by Crippen LogP contribution is -2.55. The Hall–Kier alpha value is -4.04. The fourth-order valence-electron chi connectivity index (χ4n) is 5.47. The number of urea groups is 1. The van der Waals surface area contributed by atoms with Crippen molar-refractivity contribution in [2.24, 2.45) is 4.99 Å². The van der Waals surface area contributed by atoms with Crippen LogP contribution in [-0.4, -0.2) is 42.4 Å². The lowest BCUT2D eigenvalue weighted by molar-refractivity contribution is -0.115. The number of anilines is 2. The van der Waals surface area contributed by atoms with E-state index in [1.54, 1.807) is 11.0 Å². The Bertz CT molecular complexity index is 1500. The summed E-state index contributed by atoms with van der Waals surface area (Å²) in [4.78, 5) is 35.4. The van der Waals surface area contributed by atoms with Gasteiger partial charge in [-0.3, -0.25) is 19.6 Å². The minimum absolute atomic E-state index is 0.126. The van der Waals surface area contributed by atoms with E-state index in [1.807, 2.05) is 63.2 Å². The summed E-state index contributed by atoms with van der Waals surface area (Å²) in [6.07, 6.45) is -0.145. The van der Waals surface area contributed by atoms with E-state index in [9.17, 15) is 9.59 Å². The summed E-state index contributed by atoms with van der Waals surface area (Å²) in [5.74, 6) is 1.16. The van der Waals surface area contributed by atoms with Gasteiger partial charge in [-0.1, -0.05) is 53.6 Å². The molecule has 0 spiro atoms. The lowest BCUT2D eigenvalue weighted by atomic mass is 9.92. The highest BCUT2D eigenvalue weighted by atomic mass is 35.5. The molecule has 1 N–H and O–H groups in total. The van der Waals surface area contributed by atoms with Gasteiger partial charge in [0.25, 0.3) is 0 Å². The number of aliphatic imine (C=N–C) groups is 1. The molecular weight excluding hydrogens is 504 g/mol. The number of hydrogen-bond acceptors (Lipinski definition) is 5. The summed E-state index contributed by atoms with van der Waals surface area (Å²) < 4.78 is 11.9. The predicted octanol–water partition coefficient (Wildman–Crippen LogP) is 5.88. The number of fused-ring (bicyclic) bond motifs is 2. The fraction of sp³-hybridized carbons (Fsp3) is 0.276. The molecule has 0 saturated heterocycles. The maximum absolute atomic E-state index is 14.2. The zero-order chi connectivity index (χ0) is 26.7. The van der Waals surface area contributed by atoms with Gasteiger partial charge in [0.1, 0.15) is 35.6 Å². The molecule has 9 heteroatoms. The maximum Gasteiger partial charge on any atom is 0.331 e. The summed E-state index contributed by atoms with van der Waals surface area (Å²) in [5.41, 5.74) is 4.60. The van der Waals surface area contributed by atoms with Gasteiger partial charge in [0.15, 0.2) is 0 Å². The Morgan fingerprint density at radius 3 is 2.50 bits per heavy atom. The average Bonchev–Trinajstić information content (AvgIpc) is 3.28. The SMILES string of the molecule is COc1cc(OC(C)C)c2c3c1NC(=O)CN3C(=O)N1C2=N[C@@H](c2cccc(C)c2)[C@H]1c1ccc(Cl)cc1. The topological polar surface area (TPSA) is 83.5 Å². The molecule has 0 aromatic heterocycles. The number of methoxy groups -OCH3 is 1. The average molecular weight is 531 g/mol.